The van der Waals surface area contributed by atoms with E-state index in [0.717, 1.165) is 37.7 Å². The molecule has 0 amide bonds. The summed E-state index contributed by atoms with van der Waals surface area (Å²) in [4.78, 5) is 0. The Bertz CT molecular complexity index is 293. The second-order valence-corrected chi connectivity index (χ2v) is 3.97. The lowest BCUT2D eigenvalue weighted by molar-refractivity contribution is 0.550. The highest BCUT2D eigenvalue weighted by molar-refractivity contribution is 5.00. The molecule has 1 N–H and O–H groups in total. The molecular formula is C11H22N4. The van der Waals surface area contributed by atoms with Crippen molar-refractivity contribution in [3.8, 4) is 0 Å². The van der Waals surface area contributed by atoms with E-state index in [1.54, 1.807) is 0 Å². The molecule has 86 valence electrons. The molecule has 1 atom stereocenters. The molecule has 0 aliphatic carbocycles. The van der Waals surface area contributed by atoms with Crippen LogP contribution in [0.4, 0.5) is 0 Å². The SMILES string of the molecule is CCCn1c(C)nnc1C(C)CNCC. The van der Waals surface area contributed by atoms with E-state index in [-0.39, 0.29) is 0 Å². The Morgan fingerprint density at radius 1 is 1.33 bits per heavy atom. The average Bonchev–Trinajstić information content (AvgIpc) is 2.58. The van der Waals surface area contributed by atoms with E-state index in [1.165, 1.54) is 0 Å². The van der Waals surface area contributed by atoms with Gasteiger partial charge in [-0.25, -0.2) is 0 Å². The largest absolute Gasteiger partial charge is 0.316 e. The van der Waals surface area contributed by atoms with E-state index < -0.39 is 0 Å². The topological polar surface area (TPSA) is 42.7 Å². The molecule has 15 heavy (non-hydrogen) atoms. The van der Waals surface area contributed by atoms with Gasteiger partial charge in [-0.05, 0) is 19.9 Å². The fourth-order valence-electron chi connectivity index (χ4n) is 1.71. The van der Waals surface area contributed by atoms with Gasteiger partial charge in [-0.15, -0.1) is 10.2 Å². The maximum absolute atomic E-state index is 4.26. The summed E-state index contributed by atoms with van der Waals surface area (Å²) in [5, 5.41) is 11.8. The van der Waals surface area contributed by atoms with Crippen molar-refractivity contribution in [3.63, 3.8) is 0 Å². The van der Waals surface area contributed by atoms with E-state index in [0.29, 0.717) is 5.92 Å². The highest BCUT2D eigenvalue weighted by atomic mass is 15.3. The fraction of sp³-hybridized carbons (Fsp3) is 0.818. The van der Waals surface area contributed by atoms with Gasteiger partial charge in [-0.1, -0.05) is 20.8 Å². The molecule has 0 aliphatic heterocycles. The van der Waals surface area contributed by atoms with E-state index >= 15 is 0 Å². The molecule has 1 unspecified atom stereocenters. The number of hydrogen-bond acceptors (Lipinski definition) is 3. The number of hydrogen-bond donors (Lipinski definition) is 1. The highest BCUT2D eigenvalue weighted by Gasteiger charge is 2.14. The van der Waals surface area contributed by atoms with E-state index in [4.69, 9.17) is 0 Å². The number of likely N-dealkylation sites (N-methyl/N-ethyl adjacent to an activating group) is 1. The van der Waals surface area contributed by atoms with Crippen LogP contribution >= 0.6 is 0 Å². The Morgan fingerprint density at radius 3 is 2.67 bits per heavy atom. The molecule has 4 heteroatoms. The number of aromatic nitrogens is 3. The smallest absolute Gasteiger partial charge is 0.137 e. The maximum Gasteiger partial charge on any atom is 0.137 e. The van der Waals surface area contributed by atoms with Crippen molar-refractivity contribution in [1.29, 1.82) is 0 Å². The van der Waals surface area contributed by atoms with E-state index in [2.05, 4.69) is 40.9 Å². The van der Waals surface area contributed by atoms with Crippen LogP contribution in [0, 0.1) is 6.92 Å². The quantitative estimate of drug-likeness (QED) is 0.777. The molecular weight excluding hydrogens is 188 g/mol. The van der Waals surface area contributed by atoms with Gasteiger partial charge >= 0.3 is 0 Å². The van der Waals surface area contributed by atoms with Crippen LogP contribution in [-0.4, -0.2) is 27.9 Å². The van der Waals surface area contributed by atoms with Crippen molar-refractivity contribution in [2.75, 3.05) is 13.1 Å². The van der Waals surface area contributed by atoms with Crippen molar-refractivity contribution in [1.82, 2.24) is 20.1 Å². The minimum absolute atomic E-state index is 0.428. The minimum Gasteiger partial charge on any atom is -0.316 e. The molecule has 0 spiro atoms. The third-order valence-electron chi connectivity index (χ3n) is 2.55. The summed E-state index contributed by atoms with van der Waals surface area (Å²) in [6, 6.07) is 0. The van der Waals surface area contributed by atoms with E-state index in [9.17, 15) is 0 Å². The van der Waals surface area contributed by atoms with Gasteiger partial charge in [0.05, 0.1) is 0 Å². The first kappa shape index (κ1) is 12.2. The maximum atomic E-state index is 4.26. The van der Waals surface area contributed by atoms with Crippen LogP contribution in [0.2, 0.25) is 0 Å². The van der Waals surface area contributed by atoms with Gasteiger partial charge in [0.1, 0.15) is 11.6 Å². The van der Waals surface area contributed by atoms with Gasteiger partial charge in [0, 0.05) is 19.0 Å². The molecule has 0 radical (unpaired) electrons. The Balaban J connectivity index is 2.74. The van der Waals surface area contributed by atoms with Gasteiger partial charge in [0.2, 0.25) is 0 Å². The first-order valence-electron chi connectivity index (χ1n) is 5.81. The molecule has 1 heterocycles. The molecule has 0 bridgehead atoms. The van der Waals surface area contributed by atoms with Crippen molar-refractivity contribution in [2.45, 2.75) is 46.6 Å². The average molecular weight is 210 g/mol. The summed E-state index contributed by atoms with van der Waals surface area (Å²) < 4.78 is 2.22. The van der Waals surface area contributed by atoms with Crippen LogP contribution in [0.15, 0.2) is 0 Å². The van der Waals surface area contributed by atoms with Crippen molar-refractivity contribution >= 4 is 0 Å². The van der Waals surface area contributed by atoms with Crippen LogP contribution in [-0.2, 0) is 6.54 Å². The molecule has 0 saturated heterocycles. The molecule has 1 aromatic heterocycles. The van der Waals surface area contributed by atoms with Gasteiger partial charge in [0.25, 0.3) is 0 Å². The lowest BCUT2D eigenvalue weighted by Crippen LogP contribution is -2.22. The lowest BCUT2D eigenvalue weighted by Gasteiger charge is -2.13. The lowest BCUT2D eigenvalue weighted by atomic mass is 10.1. The minimum atomic E-state index is 0.428. The van der Waals surface area contributed by atoms with Crippen LogP contribution in [0.25, 0.3) is 0 Å². The standard InChI is InChI=1S/C11H22N4/c1-5-7-15-10(4)13-14-11(15)9(3)8-12-6-2/h9,12H,5-8H2,1-4H3. The monoisotopic (exact) mass is 210 g/mol. The summed E-state index contributed by atoms with van der Waals surface area (Å²) in [6.45, 7) is 11.5. The highest BCUT2D eigenvalue weighted by Crippen LogP contribution is 2.13. The predicted molar refractivity (Wildman–Crippen MR) is 62.0 cm³/mol. The van der Waals surface area contributed by atoms with Gasteiger partial charge in [-0.2, -0.15) is 0 Å². The first-order valence-corrected chi connectivity index (χ1v) is 5.81. The predicted octanol–water partition coefficient (Wildman–Crippen LogP) is 1.71. The zero-order chi connectivity index (χ0) is 11.3. The Kier molecular flexibility index (Phi) is 4.75. The Hall–Kier alpha value is -0.900. The molecule has 4 nitrogen and oxygen atoms in total. The van der Waals surface area contributed by atoms with Crippen LogP contribution < -0.4 is 5.32 Å². The van der Waals surface area contributed by atoms with Crippen molar-refractivity contribution in [3.05, 3.63) is 11.6 Å². The summed E-state index contributed by atoms with van der Waals surface area (Å²) in [5.41, 5.74) is 0. The summed E-state index contributed by atoms with van der Waals surface area (Å²) >= 11 is 0. The number of rotatable bonds is 6. The van der Waals surface area contributed by atoms with Crippen molar-refractivity contribution < 1.29 is 0 Å². The molecule has 1 aromatic rings. The van der Waals surface area contributed by atoms with Crippen LogP contribution in [0.1, 0.15) is 44.8 Å². The number of nitrogens with zero attached hydrogens (tertiary/aromatic N) is 3. The third-order valence-corrected chi connectivity index (χ3v) is 2.55. The second kappa shape index (κ2) is 5.85. The van der Waals surface area contributed by atoms with Crippen LogP contribution in [0.3, 0.4) is 0 Å². The van der Waals surface area contributed by atoms with Gasteiger partial charge in [0.15, 0.2) is 0 Å². The zero-order valence-corrected chi connectivity index (χ0v) is 10.2. The number of aryl methyl sites for hydroxylation is 1. The molecule has 0 saturated carbocycles. The Labute approximate surface area is 92.1 Å². The van der Waals surface area contributed by atoms with Gasteiger partial charge in [-0.3, -0.25) is 0 Å². The van der Waals surface area contributed by atoms with Crippen molar-refractivity contribution in [2.24, 2.45) is 0 Å². The normalized spacial score (nSPS) is 13.1. The van der Waals surface area contributed by atoms with Crippen LogP contribution in [0.5, 0.6) is 0 Å². The second-order valence-electron chi connectivity index (χ2n) is 3.97. The van der Waals surface area contributed by atoms with E-state index in [1.807, 2.05) is 6.92 Å². The summed E-state index contributed by atoms with van der Waals surface area (Å²) in [7, 11) is 0. The number of nitrogens with one attached hydrogen (secondary N) is 1. The molecule has 1 rings (SSSR count). The fourth-order valence-corrected chi connectivity index (χ4v) is 1.71. The molecule has 0 aliphatic rings. The molecule has 0 fully saturated rings. The summed E-state index contributed by atoms with van der Waals surface area (Å²) in [5.74, 6) is 2.56. The summed E-state index contributed by atoms with van der Waals surface area (Å²) in [6.07, 6.45) is 1.12. The third kappa shape index (κ3) is 3.02. The first-order chi connectivity index (χ1) is 7.20. The molecule has 0 aromatic carbocycles. The zero-order valence-electron chi connectivity index (χ0n) is 10.2. The Morgan fingerprint density at radius 2 is 2.07 bits per heavy atom. The van der Waals surface area contributed by atoms with Gasteiger partial charge < -0.3 is 9.88 Å².